The average Bonchev–Trinajstić information content (AvgIpc) is 2.30. The van der Waals surface area contributed by atoms with E-state index in [9.17, 15) is 14.4 Å². The van der Waals surface area contributed by atoms with Crippen LogP contribution in [0.2, 0.25) is 0 Å². The minimum Gasteiger partial charge on any atom is -0.480 e. The van der Waals surface area contributed by atoms with Gasteiger partial charge in [0.15, 0.2) is 0 Å². The Hall–Kier alpha value is -1.24. The highest BCUT2D eigenvalue weighted by molar-refractivity contribution is 7.99. The van der Waals surface area contributed by atoms with Crippen LogP contribution in [-0.2, 0) is 14.4 Å². The molecule has 0 bridgehead atoms. The van der Waals surface area contributed by atoms with Crippen LogP contribution >= 0.6 is 11.8 Å². The Balaban J connectivity index is 3.98. The third-order valence-corrected chi connectivity index (χ3v) is 3.60. The Kier molecular flexibility index (Phi) is 8.22. The lowest BCUT2D eigenvalue weighted by Crippen LogP contribution is -2.40. The Labute approximate surface area is 117 Å². The van der Waals surface area contributed by atoms with Crippen LogP contribution in [0.25, 0.3) is 0 Å². The lowest BCUT2D eigenvalue weighted by atomic mass is 10.2. The molecular formula is C12H22N2O4S. The standard InChI is InChI=1S/C12H22N2O4S/c1-8(2)14(4)11(16)7-19-6-5-10(12(17)18)13-9(3)15/h8,10H,5-7H2,1-4H3,(H,13,15)(H,17,18). The number of carbonyl (C=O) groups is 3. The number of carboxylic acids is 1. The lowest BCUT2D eigenvalue weighted by Gasteiger charge is -2.21. The highest BCUT2D eigenvalue weighted by atomic mass is 32.2. The number of rotatable bonds is 8. The minimum absolute atomic E-state index is 0.0198. The van der Waals surface area contributed by atoms with Gasteiger partial charge < -0.3 is 15.3 Å². The number of hydrogen-bond donors (Lipinski definition) is 2. The number of carboxylic acid groups (broad SMARTS) is 1. The van der Waals surface area contributed by atoms with Gasteiger partial charge in [0.1, 0.15) is 6.04 Å². The third-order valence-electron chi connectivity index (χ3n) is 2.62. The van der Waals surface area contributed by atoms with Gasteiger partial charge in [-0.1, -0.05) is 0 Å². The van der Waals surface area contributed by atoms with Crippen molar-refractivity contribution in [1.29, 1.82) is 0 Å². The van der Waals surface area contributed by atoms with Gasteiger partial charge in [-0.3, -0.25) is 9.59 Å². The molecule has 0 aromatic heterocycles. The van der Waals surface area contributed by atoms with Crippen LogP contribution in [0.15, 0.2) is 0 Å². The van der Waals surface area contributed by atoms with E-state index in [1.165, 1.54) is 18.7 Å². The van der Waals surface area contributed by atoms with E-state index in [0.29, 0.717) is 17.9 Å². The third kappa shape index (κ3) is 7.71. The van der Waals surface area contributed by atoms with Crippen LogP contribution in [0, 0.1) is 0 Å². The van der Waals surface area contributed by atoms with Crippen molar-refractivity contribution in [2.24, 2.45) is 0 Å². The molecule has 0 aliphatic carbocycles. The predicted octanol–water partition coefficient (Wildman–Crippen LogP) is 0.566. The Morgan fingerprint density at radius 2 is 1.89 bits per heavy atom. The van der Waals surface area contributed by atoms with E-state index in [4.69, 9.17) is 5.11 Å². The molecule has 2 amide bonds. The van der Waals surface area contributed by atoms with Gasteiger partial charge in [-0.25, -0.2) is 4.79 Å². The van der Waals surface area contributed by atoms with Gasteiger partial charge in [0.25, 0.3) is 0 Å². The van der Waals surface area contributed by atoms with Crippen LogP contribution in [0.1, 0.15) is 27.2 Å². The first-order chi connectivity index (χ1) is 8.75. The van der Waals surface area contributed by atoms with E-state index < -0.39 is 12.0 Å². The molecule has 0 aliphatic heterocycles. The van der Waals surface area contributed by atoms with Gasteiger partial charge in [0, 0.05) is 20.0 Å². The van der Waals surface area contributed by atoms with Crippen molar-refractivity contribution < 1.29 is 19.5 Å². The van der Waals surface area contributed by atoms with Crippen LogP contribution < -0.4 is 5.32 Å². The molecule has 0 saturated carbocycles. The maximum absolute atomic E-state index is 11.7. The van der Waals surface area contributed by atoms with Gasteiger partial charge >= 0.3 is 5.97 Å². The fraction of sp³-hybridized carbons (Fsp3) is 0.750. The second kappa shape index (κ2) is 8.79. The molecule has 1 unspecified atom stereocenters. The summed E-state index contributed by atoms with van der Waals surface area (Å²) in [7, 11) is 1.74. The fourth-order valence-electron chi connectivity index (χ4n) is 1.25. The normalized spacial score (nSPS) is 12.1. The molecule has 2 N–H and O–H groups in total. The zero-order valence-electron chi connectivity index (χ0n) is 11.8. The first kappa shape index (κ1) is 17.8. The molecule has 0 aromatic carbocycles. The van der Waals surface area contributed by atoms with Gasteiger partial charge in [-0.05, 0) is 26.0 Å². The summed E-state index contributed by atoms with van der Waals surface area (Å²) in [6.07, 6.45) is 0.304. The zero-order chi connectivity index (χ0) is 15.0. The number of hydrogen-bond acceptors (Lipinski definition) is 4. The van der Waals surface area contributed by atoms with E-state index in [1.54, 1.807) is 11.9 Å². The summed E-state index contributed by atoms with van der Waals surface area (Å²) in [6, 6.07) is -0.734. The molecule has 0 aromatic rings. The number of carbonyl (C=O) groups excluding carboxylic acids is 2. The first-order valence-electron chi connectivity index (χ1n) is 6.09. The van der Waals surface area contributed by atoms with Crippen molar-refractivity contribution in [2.75, 3.05) is 18.6 Å². The molecule has 0 rings (SSSR count). The van der Waals surface area contributed by atoms with E-state index in [1.807, 2.05) is 13.8 Å². The van der Waals surface area contributed by atoms with Gasteiger partial charge in [0.2, 0.25) is 11.8 Å². The summed E-state index contributed by atoms with van der Waals surface area (Å²) in [5, 5.41) is 11.3. The molecule has 0 saturated heterocycles. The van der Waals surface area contributed by atoms with Gasteiger partial charge in [-0.15, -0.1) is 0 Å². The molecule has 110 valence electrons. The van der Waals surface area contributed by atoms with Crippen LogP contribution in [-0.4, -0.2) is 58.4 Å². The Morgan fingerprint density at radius 1 is 1.32 bits per heavy atom. The number of amides is 2. The highest BCUT2D eigenvalue weighted by Gasteiger charge is 2.18. The minimum atomic E-state index is -1.05. The van der Waals surface area contributed by atoms with E-state index in [-0.39, 0.29) is 17.9 Å². The maximum atomic E-state index is 11.7. The summed E-state index contributed by atoms with van der Waals surface area (Å²) in [4.78, 5) is 35.0. The second-order valence-corrected chi connectivity index (χ2v) is 5.64. The van der Waals surface area contributed by atoms with Crippen molar-refractivity contribution in [3.05, 3.63) is 0 Å². The number of aliphatic carboxylic acids is 1. The summed E-state index contributed by atoms with van der Waals surface area (Å²) >= 11 is 1.37. The highest BCUT2D eigenvalue weighted by Crippen LogP contribution is 2.08. The summed E-state index contributed by atoms with van der Waals surface area (Å²) < 4.78 is 0. The van der Waals surface area contributed by atoms with Crippen LogP contribution in [0.3, 0.4) is 0 Å². The molecule has 0 fully saturated rings. The van der Waals surface area contributed by atoms with Crippen LogP contribution in [0.5, 0.6) is 0 Å². The molecule has 7 heteroatoms. The number of nitrogens with zero attached hydrogens (tertiary/aromatic N) is 1. The van der Waals surface area contributed by atoms with E-state index in [0.717, 1.165) is 0 Å². The molecule has 0 radical (unpaired) electrons. The molecule has 1 atom stereocenters. The predicted molar refractivity (Wildman–Crippen MR) is 75.1 cm³/mol. The molecule has 0 aliphatic rings. The Bertz CT molecular complexity index is 334. The van der Waals surface area contributed by atoms with Crippen molar-refractivity contribution in [2.45, 2.75) is 39.3 Å². The fourth-order valence-corrected chi connectivity index (χ4v) is 2.18. The van der Waals surface area contributed by atoms with Crippen molar-refractivity contribution >= 4 is 29.5 Å². The Morgan fingerprint density at radius 3 is 2.32 bits per heavy atom. The number of thioether (sulfide) groups is 1. The van der Waals surface area contributed by atoms with Crippen LogP contribution in [0.4, 0.5) is 0 Å². The smallest absolute Gasteiger partial charge is 0.326 e. The quantitative estimate of drug-likeness (QED) is 0.638. The van der Waals surface area contributed by atoms with E-state index >= 15 is 0 Å². The molecular weight excluding hydrogens is 268 g/mol. The first-order valence-corrected chi connectivity index (χ1v) is 7.24. The average molecular weight is 290 g/mol. The maximum Gasteiger partial charge on any atom is 0.326 e. The van der Waals surface area contributed by atoms with Gasteiger partial charge in [-0.2, -0.15) is 11.8 Å². The molecule has 6 nitrogen and oxygen atoms in total. The van der Waals surface area contributed by atoms with Gasteiger partial charge in [0.05, 0.1) is 5.75 Å². The van der Waals surface area contributed by atoms with Crippen molar-refractivity contribution in [3.63, 3.8) is 0 Å². The monoisotopic (exact) mass is 290 g/mol. The van der Waals surface area contributed by atoms with E-state index in [2.05, 4.69) is 5.32 Å². The largest absolute Gasteiger partial charge is 0.480 e. The molecule has 0 spiro atoms. The number of nitrogens with one attached hydrogen (secondary N) is 1. The molecule has 0 heterocycles. The molecule has 19 heavy (non-hydrogen) atoms. The topological polar surface area (TPSA) is 86.7 Å². The summed E-state index contributed by atoms with van der Waals surface area (Å²) in [6.45, 7) is 5.14. The summed E-state index contributed by atoms with van der Waals surface area (Å²) in [5.41, 5.74) is 0. The summed E-state index contributed by atoms with van der Waals surface area (Å²) in [5.74, 6) is -0.573. The SMILES string of the molecule is CC(=O)NC(CCSCC(=O)N(C)C(C)C)C(=O)O. The van der Waals surface area contributed by atoms with Crippen molar-refractivity contribution in [1.82, 2.24) is 10.2 Å². The zero-order valence-corrected chi connectivity index (χ0v) is 12.6. The van der Waals surface area contributed by atoms with Crippen molar-refractivity contribution in [3.8, 4) is 0 Å². The lowest BCUT2D eigenvalue weighted by molar-refractivity contribution is -0.141. The second-order valence-electron chi connectivity index (χ2n) is 4.53.